The van der Waals surface area contributed by atoms with Crippen LogP contribution in [0, 0.1) is 23.2 Å². The zero-order chi connectivity index (χ0) is 16.5. The summed E-state index contributed by atoms with van der Waals surface area (Å²) in [6, 6.07) is 0. The summed E-state index contributed by atoms with van der Waals surface area (Å²) in [5.41, 5.74) is -1.37. The number of aliphatic hydroxyl groups excluding tert-OH is 1. The van der Waals surface area contributed by atoms with Gasteiger partial charge >= 0.3 is 5.97 Å². The molecular formula is C18H32O4. The molecule has 0 aromatic carbocycles. The lowest BCUT2D eigenvalue weighted by Gasteiger charge is -2.45. The van der Waals surface area contributed by atoms with Crippen molar-refractivity contribution in [2.75, 3.05) is 0 Å². The van der Waals surface area contributed by atoms with Crippen LogP contribution in [-0.2, 0) is 4.79 Å². The van der Waals surface area contributed by atoms with Gasteiger partial charge in [0.15, 0.2) is 5.60 Å². The van der Waals surface area contributed by atoms with Gasteiger partial charge in [0.25, 0.3) is 0 Å². The lowest BCUT2D eigenvalue weighted by molar-refractivity contribution is -0.157. The zero-order valence-electron chi connectivity index (χ0n) is 14.2. The Morgan fingerprint density at radius 3 is 2.68 bits per heavy atom. The van der Waals surface area contributed by atoms with Gasteiger partial charge in [0, 0.05) is 0 Å². The van der Waals surface area contributed by atoms with Crippen molar-refractivity contribution in [1.29, 1.82) is 0 Å². The number of aliphatic hydroxyl groups is 2. The first kappa shape index (κ1) is 17.7. The molecule has 2 rings (SSSR count). The van der Waals surface area contributed by atoms with Crippen LogP contribution < -0.4 is 0 Å². The highest BCUT2D eigenvalue weighted by atomic mass is 16.4. The molecule has 2 saturated carbocycles. The fraction of sp³-hybridized carbons (Fsp3) is 0.944. The maximum atomic E-state index is 11.0. The van der Waals surface area contributed by atoms with E-state index in [-0.39, 0.29) is 11.5 Å². The molecule has 2 aliphatic rings. The Hall–Kier alpha value is -0.610. The SMILES string of the molecule is C[C@H](CCC[C@@](C)(O)C(=O)O)[C@H]1CCC2C(O)CCC[C@]21C. The third-order valence-corrected chi connectivity index (χ3v) is 6.63. The van der Waals surface area contributed by atoms with Gasteiger partial charge in [-0.25, -0.2) is 4.79 Å². The summed E-state index contributed by atoms with van der Waals surface area (Å²) in [5.74, 6) is 0.436. The second-order valence-corrected chi connectivity index (χ2v) is 8.20. The third kappa shape index (κ3) is 3.33. The fourth-order valence-electron chi connectivity index (χ4n) is 5.20. The van der Waals surface area contributed by atoms with Gasteiger partial charge in [-0.15, -0.1) is 0 Å². The molecule has 0 aliphatic heterocycles. The van der Waals surface area contributed by atoms with E-state index in [0.717, 1.165) is 32.1 Å². The molecule has 6 atom stereocenters. The van der Waals surface area contributed by atoms with E-state index in [2.05, 4.69) is 13.8 Å². The van der Waals surface area contributed by atoms with E-state index < -0.39 is 11.6 Å². The van der Waals surface area contributed by atoms with Crippen LogP contribution in [0.2, 0.25) is 0 Å². The Morgan fingerprint density at radius 2 is 2.05 bits per heavy atom. The molecule has 2 fully saturated rings. The zero-order valence-corrected chi connectivity index (χ0v) is 14.2. The molecule has 128 valence electrons. The fourth-order valence-corrected chi connectivity index (χ4v) is 5.20. The number of fused-ring (bicyclic) bond motifs is 1. The molecule has 0 heterocycles. The molecule has 0 amide bonds. The normalized spacial score (nSPS) is 39.0. The number of carbonyl (C=O) groups is 1. The summed E-state index contributed by atoms with van der Waals surface area (Å²) >= 11 is 0. The lowest BCUT2D eigenvalue weighted by Crippen LogP contribution is -2.41. The summed E-state index contributed by atoms with van der Waals surface area (Å²) in [6.07, 6.45) is 7.43. The average Bonchev–Trinajstić information content (AvgIpc) is 2.76. The first-order valence-electron chi connectivity index (χ1n) is 8.82. The van der Waals surface area contributed by atoms with Crippen molar-refractivity contribution in [3.8, 4) is 0 Å². The first-order chi connectivity index (χ1) is 10.2. The van der Waals surface area contributed by atoms with Crippen LogP contribution in [-0.4, -0.2) is 33.0 Å². The molecule has 3 N–H and O–H groups in total. The predicted molar refractivity (Wildman–Crippen MR) is 85.5 cm³/mol. The van der Waals surface area contributed by atoms with Crippen molar-refractivity contribution in [3.63, 3.8) is 0 Å². The number of hydrogen-bond donors (Lipinski definition) is 3. The van der Waals surface area contributed by atoms with Gasteiger partial charge < -0.3 is 15.3 Å². The smallest absolute Gasteiger partial charge is 0.335 e. The molecule has 22 heavy (non-hydrogen) atoms. The van der Waals surface area contributed by atoms with E-state index in [1.807, 2.05) is 0 Å². The Balaban J connectivity index is 1.90. The van der Waals surface area contributed by atoms with Gasteiger partial charge in [-0.1, -0.05) is 26.7 Å². The van der Waals surface area contributed by atoms with E-state index in [9.17, 15) is 15.0 Å². The van der Waals surface area contributed by atoms with Crippen LogP contribution in [0.5, 0.6) is 0 Å². The van der Waals surface area contributed by atoms with Crippen molar-refractivity contribution in [3.05, 3.63) is 0 Å². The number of rotatable bonds is 6. The van der Waals surface area contributed by atoms with E-state index >= 15 is 0 Å². The molecule has 0 radical (unpaired) electrons. The number of hydrogen-bond acceptors (Lipinski definition) is 3. The molecule has 2 unspecified atom stereocenters. The standard InChI is InChI=1S/C18H32O4/c1-12(6-4-11-18(3,22)16(20)21)13-8-9-14-15(19)7-5-10-17(13,14)2/h12-15,19,22H,4-11H2,1-3H3,(H,20,21)/t12-,13-,14?,15?,17+,18-/m1/s1. The van der Waals surface area contributed by atoms with E-state index in [4.69, 9.17) is 5.11 Å². The van der Waals surface area contributed by atoms with Gasteiger partial charge in [0.2, 0.25) is 0 Å². The monoisotopic (exact) mass is 312 g/mol. The molecule has 4 heteroatoms. The number of aliphatic carboxylic acids is 1. The predicted octanol–water partition coefficient (Wildman–Crippen LogP) is 3.21. The molecule has 2 aliphatic carbocycles. The van der Waals surface area contributed by atoms with Gasteiger partial charge in [0.05, 0.1) is 6.10 Å². The molecular weight excluding hydrogens is 280 g/mol. The highest BCUT2D eigenvalue weighted by Gasteiger charge is 2.52. The third-order valence-electron chi connectivity index (χ3n) is 6.63. The van der Waals surface area contributed by atoms with Crippen LogP contribution in [0.15, 0.2) is 0 Å². The highest BCUT2D eigenvalue weighted by Crippen LogP contribution is 2.58. The van der Waals surface area contributed by atoms with Gasteiger partial charge in [0.1, 0.15) is 0 Å². The van der Waals surface area contributed by atoms with E-state index in [1.54, 1.807) is 0 Å². The van der Waals surface area contributed by atoms with E-state index in [0.29, 0.717) is 24.2 Å². The van der Waals surface area contributed by atoms with Crippen LogP contribution >= 0.6 is 0 Å². The van der Waals surface area contributed by atoms with Crippen molar-refractivity contribution < 1.29 is 20.1 Å². The van der Waals surface area contributed by atoms with E-state index in [1.165, 1.54) is 19.8 Å². The maximum absolute atomic E-state index is 11.0. The van der Waals surface area contributed by atoms with Crippen LogP contribution in [0.1, 0.15) is 72.1 Å². The minimum absolute atomic E-state index is 0.135. The second-order valence-electron chi connectivity index (χ2n) is 8.20. The van der Waals surface area contributed by atoms with Gasteiger partial charge in [-0.3, -0.25) is 0 Å². The maximum Gasteiger partial charge on any atom is 0.335 e. The van der Waals surface area contributed by atoms with Crippen LogP contribution in [0.3, 0.4) is 0 Å². The summed E-state index contributed by atoms with van der Waals surface area (Å²) < 4.78 is 0. The van der Waals surface area contributed by atoms with Crippen molar-refractivity contribution >= 4 is 5.97 Å². The lowest BCUT2D eigenvalue weighted by atomic mass is 9.61. The summed E-state index contributed by atoms with van der Waals surface area (Å²) in [4.78, 5) is 11.0. The average molecular weight is 312 g/mol. The molecule has 0 bridgehead atoms. The van der Waals surface area contributed by atoms with Crippen molar-refractivity contribution in [2.24, 2.45) is 23.2 Å². The summed E-state index contributed by atoms with van der Waals surface area (Å²) in [6.45, 7) is 5.99. The van der Waals surface area contributed by atoms with Crippen LogP contribution in [0.25, 0.3) is 0 Å². The molecule has 4 nitrogen and oxygen atoms in total. The summed E-state index contributed by atoms with van der Waals surface area (Å²) in [5, 5.41) is 29.1. The Morgan fingerprint density at radius 1 is 1.36 bits per heavy atom. The van der Waals surface area contributed by atoms with Crippen molar-refractivity contribution in [1.82, 2.24) is 0 Å². The Kier molecular flexibility index (Phi) is 5.23. The van der Waals surface area contributed by atoms with Crippen LogP contribution in [0.4, 0.5) is 0 Å². The van der Waals surface area contributed by atoms with Gasteiger partial charge in [-0.2, -0.15) is 0 Å². The van der Waals surface area contributed by atoms with Crippen molar-refractivity contribution in [2.45, 2.75) is 83.8 Å². The van der Waals surface area contributed by atoms with Gasteiger partial charge in [-0.05, 0) is 68.6 Å². The first-order valence-corrected chi connectivity index (χ1v) is 8.82. The highest BCUT2D eigenvalue weighted by molar-refractivity contribution is 5.76. The Labute approximate surface area is 133 Å². The molecule has 0 spiro atoms. The second kappa shape index (κ2) is 6.48. The number of carboxylic acid groups (broad SMARTS) is 1. The largest absolute Gasteiger partial charge is 0.479 e. The minimum atomic E-state index is -1.61. The molecule has 0 saturated heterocycles. The Bertz CT molecular complexity index is 406. The summed E-state index contributed by atoms with van der Waals surface area (Å²) in [7, 11) is 0. The quantitative estimate of drug-likeness (QED) is 0.704. The molecule has 0 aromatic rings. The molecule has 0 aromatic heterocycles. The minimum Gasteiger partial charge on any atom is -0.479 e. The number of carboxylic acids is 1. The topological polar surface area (TPSA) is 77.8 Å².